The second-order valence-electron chi connectivity index (χ2n) is 4.34. The number of fused-ring (bicyclic) bond motifs is 1. The average Bonchev–Trinajstić information content (AvgIpc) is 2.94. The molecule has 1 amide bonds. The van der Waals surface area contributed by atoms with Crippen molar-refractivity contribution < 1.29 is 4.79 Å². The van der Waals surface area contributed by atoms with E-state index < -0.39 is 5.91 Å². The van der Waals surface area contributed by atoms with Crippen molar-refractivity contribution in [1.29, 1.82) is 0 Å². The molecule has 21 heavy (non-hydrogen) atoms. The van der Waals surface area contributed by atoms with Crippen LogP contribution >= 0.6 is 23.1 Å². The molecule has 2 aromatic heterocycles. The lowest BCUT2D eigenvalue weighted by Crippen LogP contribution is -2.13. The zero-order valence-corrected chi connectivity index (χ0v) is 12.6. The Morgan fingerprint density at radius 2 is 2.05 bits per heavy atom. The second-order valence-corrected chi connectivity index (χ2v) is 6.18. The first-order valence-corrected chi connectivity index (χ1v) is 8.03. The van der Waals surface area contributed by atoms with Crippen LogP contribution in [0.5, 0.6) is 0 Å². The zero-order valence-electron chi connectivity index (χ0n) is 10.9. The van der Waals surface area contributed by atoms with Crippen molar-refractivity contribution in [2.45, 2.75) is 10.9 Å². The highest BCUT2D eigenvalue weighted by Crippen LogP contribution is 2.28. The van der Waals surface area contributed by atoms with Gasteiger partial charge in [-0.2, -0.15) is 0 Å². The minimum Gasteiger partial charge on any atom is -0.383 e. The highest BCUT2D eigenvalue weighted by Gasteiger charge is 2.10. The molecular weight excluding hydrogens is 304 g/mol. The number of rotatable bonds is 4. The lowest BCUT2D eigenvalue weighted by Gasteiger charge is -2.06. The fraction of sp³-hybridized carbons (Fsp3) is 0.0714. The van der Waals surface area contributed by atoms with Crippen molar-refractivity contribution in [2.75, 3.05) is 5.73 Å². The Morgan fingerprint density at radius 1 is 1.24 bits per heavy atom. The van der Waals surface area contributed by atoms with E-state index in [1.165, 1.54) is 23.1 Å². The lowest BCUT2D eigenvalue weighted by atomic mass is 10.1. The second kappa shape index (κ2) is 5.71. The van der Waals surface area contributed by atoms with Crippen molar-refractivity contribution in [3.8, 4) is 0 Å². The molecule has 4 N–H and O–H groups in total. The summed E-state index contributed by atoms with van der Waals surface area (Å²) in [4.78, 5) is 21.0. The van der Waals surface area contributed by atoms with Gasteiger partial charge in [-0.05, 0) is 23.1 Å². The fourth-order valence-corrected chi connectivity index (χ4v) is 3.64. The predicted molar refractivity (Wildman–Crippen MR) is 86.3 cm³/mol. The molecule has 0 aliphatic heterocycles. The maximum Gasteiger partial charge on any atom is 0.249 e. The number of thiophene rings is 1. The van der Waals surface area contributed by atoms with Crippen molar-refractivity contribution in [3.63, 3.8) is 0 Å². The fourth-order valence-electron chi connectivity index (χ4n) is 1.95. The molecule has 0 spiro atoms. The summed E-state index contributed by atoms with van der Waals surface area (Å²) < 4.78 is 0. The van der Waals surface area contributed by atoms with Crippen LogP contribution in [-0.2, 0) is 5.75 Å². The van der Waals surface area contributed by atoms with Crippen LogP contribution in [0.4, 0.5) is 5.82 Å². The molecule has 5 nitrogen and oxygen atoms in total. The summed E-state index contributed by atoms with van der Waals surface area (Å²) in [7, 11) is 0. The zero-order chi connectivity index (χ0) is 14.8. The van der Waals surface area contributed by atoms with Crippen LogP contribution < -0.4 is 11.5 Å². The topological polar surface area (TPSA) is 94.9 Å². The van der Waals surface area contributed by atoms with Crippen molar-refractivity contribution in [1.82, 2.24) is 9.97 Å². The van der Waals surface area contributed by atoms with Gasteiger partial charge in [0.1, 0.15) is 10.6 Å². The molecule has 7 heteroatoms. The van der Waals surface area contributed by atoms with Gasteiger partial charge in [0.2, 0.25) is 5.91 Å². The van der Waals surface area contributed by atoms with Crippen molar-refractivity contribution in [2.24, 2.45) is 5.73 Å². The molecule has 3 rings (SSSR count). The lowest BCUT2D eigenvalue weighted by molar-refractivity contribution is 0.0999. The standard InChI is InChI=1S/C14H12N4OS2/c15-11-10-5-6-20-13(10)18-14(17-11)21-7-8-3-1-2-4-9(8)12(16)19/h1-6H,7H2,(H2,16,19)(H2,15,17,18). The van der Waals surface area contributed by atoms with Gasteiger partial charge in [-0.1, -0.05) is 30.0 Å². The van der Waals surface area contributed by atoms with Gasteiger partial charge >= 0.3 is 0 Å². The minimum atomic E-state index is -0.430. The Kier molecular flexibility index (Phi) is 3.76. The van der Waals surface area contributed by atoms with E-state index >= 15 is 0 Å². The first-order valence-electron chi connectivity index (χ1n) is 6.16. The van der Waals surface area contributed by atoms with Crippen LogP contribution in [0.1, 0.15) is 15.9 Å². The molecule has 0 aliphatic carbocycles. The van der Waals surface area contributed by atoms with Crippen LogP contribution in [0.15, 0.2) is 40.9 Å². The molecule has 2 heterocycles. The summed E-state index contributed by atoms with van der Waals surface area (Å²) in [5.41, 5.74) is 12.7. The number of primary amides is 1. The van der Waals surface area contributed by atoms with Crippen molar-refractivity contribution in [3.05, 3.63) is 46.8 Å². The minimum absolute atomic E-state index is 0.430. The van der Waals surface area contributed by atoms with E-state index in [1.54, 1.807) is 12.1 Å². The van der Waals surface area contributed by atoms with Crippen LogP contribution in [0.25, 0.3) is 10.2 Å². The third kappa shape index (κ3) is 2.84. The Balaban J connectivity index is 1.85. The first-order chi connectivity index (χ1) is 10.1. The van der Waals surface area contributed by atoms with Crippen LogP contribution in [0.3, 0.4) is 0 Å². The molecular formula is C14H12N4OS2. The molecule has 106 valence electrons. The number of amides is 1. The molecule has 0 radical (unpaired) electrons. The Labute approximate surface area is 129 Å². The van der Waals surface area contributed by atoms with Gasteiger partial charge in [0.25, 0.3) is 0 Å². The van der Waals surface area contributed by atoms with E-state index in [1.807, 2.05) is 23.6 Å². The number of hydrogen-bond donors (Lipinski definition) is 2. The molecule has 0 unspecified atom stereocenters. The first kappa shape index (κ1) is 13.8. The largest absolute Gasteiger partial charge is 0.383 e. The summed E-state index contributed by atoms with van der Waals surface area (Å²) in [5, 5.41) is 3.41. The number of thioether (sulfide) groups is 1. The molecule has 0 bridgehead atoms. The molecule has 0 fully saturated rings. The van der Waals surface area contributed by atoms with Gasteiger partial charge < -0.3 is 11.5 Å². The number of anilines is 1. The van der Waals surface area contributed by atoms with Gasteiger partial charge in [0.15, 0.2) is 5.16 Å². The molecule has 0 atom stereocenters. The number of nitrogens with zero attached hydrogens (tertiary/aromatic N) is 2. The van der Waals surface area contributed by atoms with E-state index in [0.717, 1.165) is 15.8 Å². The van der Waals surface area contributed by atoms with E-state index in [0.29, 0.717) is 22.3 Å². The summed E-state index contributed by atoms with van der Waals surface area (Å²) >= 11 is 2.96. The number of nitrogens with two attached hydrogens (primary N) is 2. The molecule has 3 aromatic rings. The van der Waals surface area contributed by atoms with E-state index in [2.05, 4.69) is 9.97 Å². The highest BCUT2D eigenvalue weighted by atomic mass is 32.2. The molecule has 0 saturated carbocycles. The maximum absolute atomic E-state index is 11.4. The van der Waals surface area contributed by atoms with Crippen molar-refractivity contribution >= 4 is 45.0 Å². The Bertz CT molecular complexity index is 816. The summed E-state index contributed by atoms with van der Waals surface area (Å²) in [6.45, 7) is 0. The smallest absolute Gasteiger partial charge is 0.249 e. The number of carbonyl (C=O) groups is 1. The van der Waals surface area contributed by atoms with Gasteiger partial charge in [-0.3, -0.25) is 4.79 Å². The van der Waals surface area contributed by atoms with Gasteiger partial charge in [-0.15, -0.1) is 11.3 Å². The highest BCUT2D eigenvalue weighted by molar-refractivity contribution is 7.98. The molecule has 0 aliphatic rings. The summed E-state index contributed by atoms with van der Waals surface area (Å²) in [6.07, 6.45) is 0. The molecule has 1 aromatic carbocycles. The number of aromatic nitrogens is 2. The van der Waals surface area contributed by atoms with Crippen LogP contribution in [-0.4, -0.2) is 15.9 Å². The quantitative estimate of drug-likeness (QED) is 0.570. The Hall–Kier alpha value is -2.12. The molecule has 0 saturated heterocycles. The Morgan fingerprint density at radius 3 is 2.86 bits per heavy atom. The average molecular weight is 316 g/mol. The number of hydrogen-bond acceptors (Lipinski definition) is 6. The number of benzene rings is 1. The van der Waals surface area contributed by atoms with Gasteiger partial charge in [-0.25, -0.2) is 9.97 Å². The normalized spacial score (nSPS) is 10.9. The number of nitrogen functional groups attached to an aromatic ring is 1. The number of carbonyl (C=O) groups excluding carboxylic acids is 1. The van der Waals surface area contributed by atoms with E-state index in [9.17, 15) is 4.79 Å². The third-order valence-electron chi connectivity index (χ3n) is 2.97. The SMILES string of the molecule is NC(=O)c1ccccc1CSc1nc(N)c2ccsc2n1. The van der Waals surface area contributed by atoms with E-state index in [-0.39, 0.29) is 0 Å². The van der Waals surface area contributed by atoms with Crippen LogP contribution in [0.2, 0.25) is 0 Å². The van der Waals surface area contributed by atoms with Gasteiger partial charge in [0, 0.05) is 11.3 Å². The van der Waals surface area contributed by atoms with E-state index in [4.69, 9.17) is 11.5 Å². The van der Waals surface area contributed by atoms with Crippen LogP contribution in [0, 0.1) is 0 Å². The third-order valence-corrected chi connectivity index (χ3v) is 4.68. The van der Waals surface area contributed by atoms with Gasteiger partial charge in [0.05, 0.1) is 5.39 Å². The summed E-state index contributed by atoms with van der Waals surface area (Å²) in [5.74, 6) is 0.613. The predicted octanol–water partition coefficient (Wildman–Crippen LogP) is 2.66. The summed E-state index contributed by atoms with van der Waals surface area (Å²) in [6, 6.07) is 9.17. The maximum atomic E-state index is 11.4. The monoisotopic (exact) mass is 316 g/mol.